The van der Waals surface area contributed by atoms with E-state index in [4.69, 9.17) is 21.1 Å². The maximum atomic E-state index is 5.74. The lowest BCUT2D eigenvalue weighted by Gasteiger charge is -2.24. The van der Waals surface area contributed by atoms with Crippen LogP contribution in [0.1, 0.15) is 6.42 Å². The molecule has 2 aliphatic rings. The van der Waals surface area contributed by atoms with Gasteiger partial charge in [0, 0.05) is 11.5 Å². The fourth-order valence-corrected chi connectivity index (χ4v) is 1.41. The van der Waals surface area contributed by atoms with Crippen LogP contribution in [0, 0.1) is 0 Å². The van der Waals surface area contributed by atoms with Crippen molar-refractivity contribution < 1.29 is 9.47 Å². The van der Waals surface area contributed by atoms with Gasteiger partial charge in [0.1, 0.15) is 0 Å². The first kappa shape index (κ1) is 7.35. The van der Waals surface area contributed by atoms with E-state index in [0.717, 1.165) is 11.5 Å². The largest absolute Gasteiger partial charge is 0.344 e. The molecule has 0 aromatic heterocycles. The van der Waals surface area contributed by atoms with Crippen molar-refractivity contribution in [1.82, 2.24) is 0 Å². The lowest BCUT2D eigenvalue weighted by atomic mass is 10.1. The SMILES string of the molecule is ClC1=CCC2(C=C1)OCCO2. The normalized spacial score (nSPS) is 27.5. The standard InChI is InChI=1S/C8H9ClO2/c9-7-1-3-8(4-2-7)10-5-6-11-8/h1-3H,4-6H2. The Morgan fingerprint density at radius 1 is 1.36 bits per heavy atom. The summed E-state index contributed by atoms with van der Waals surface area (Å²) in [6.07, 6.45) is 6.33. The van der Waals surface area contributed by atoms with Crippen LogP contribution in [-0.4, -0.2) is 19.0 Å². The van der Waals surface area contributed by atoms with Gasteiger partial charge in [-0.15, -0.1) is 0 Å². The van der Waals surface area contributed by atoms with Gasteiger partial charge < -0.3 is 9.47 Å². The molecule has 0 radical (unpaired) electrons. The van der Waals surface area contributed by atoms with E-state index in [9.17, 15) is 0 Å². The average molecular weight is 173 g/mol. The van der Waals surface area contributed by atoms with Gasteiger partial charge in [-0.25, -0.2) is 0 Å². The van der Waals surface area contributed by atoms with E-state index in [2.05, 4.69) is 0 Å². The van der Waals surface area contributed by atoms with E-state index in [-0.39, 0.29) is 0 Å². The third kappa shape index (κ3) is 1.34. The molecule has 0 N–H and O–H groups in total. The van der Waals surface area contributed by atoms with E-state index < -0.39 is 5.79 Å². The van der Waals surface area contributed by atoms with Crippen LogP contribution in [0.15, 0.2) is 23.3 Å². The molecule has 0 atom stereocenters. The summed E-state index contributed by atoms with van der Waals surface area (Å²) in [5, 5.41) is 0.759. The topological polar surface area (TPSA) is 18.5 Å². The highest BCUT2D eigenvalue weighted by atomic mass is 35.5. The summed E-state index contributed by atoms with van der Waals surface area (Å²) >= 11 is 5.74. The van der Waals surface area contributed by atoms with Crippen LogP contribution >= 0.6 is 11.6 Å². The summed E-state index contributed by atoms with van der Waals surface area (Å²) in [4.78, 5) is 0. The highest BCUT2D eigenvalue weighted by Crippen LogP contribution is 2.30. The van der Waals surface area contributed by atoms with Gasteiger partial charge in [0.15, 0.2) is 5.79 Å². The maximum Gasteiger partial charge on any atom is 0.191 e. The molecule has 3 heteroatoms. The quantitative estimate of drug-likeness (QED) is 0.555. The Balaban J connectivity index is 2.14. The molecule has 1 fully saturated rings. The van der Waals surface area contributed by atoms with Crippen molar-refractivity contribution in [2.75, 3.05) is 13.2 Å². The molecule has 1 heterocycles. The Hall–Kier alpha value is -0.310. The molecule has 1 aliphatic carbocycles. The van der Waals surface area contributed by atoms with Crippen LogP contribution in [0.4, 0.5) is 0 Å². The molecule has 0 bridgehead atoms. The summed E-state index contributed by atoms with van der Waals surface area (Å²) in [7, 11) is 0. The Morgan fingerprint density at radius 2 is 2.09 bits per heavy atom. The monoisotopic (exact) mass is 172 g/mol. The molecule has 2 nitrogen and oxygen atoms in total. The van der Waals surface area contributed by atoms with Crippen molar-refractivity contribution in [2.24, 2.45) is 0 Å². The Morgan fingerprint density at radius 3 is 2.64 bits per heavy atom. The number of halogens is 1. The van der Waals surface area contributed by atoms with Crippen LogP contribution in [-0.2, 0) is 9.47 Å². The smallest absolute Gasteiger partial charge is 0.191 e. The molecular formula is C8H9ClO2. The van der Waals surface area contributed by atoms with Gasteiger partial charge in [-0.1, -0.05) is 17.7 Å². The number of allylic oxidation sites excluding steroid dienone is 2. The molecule has 60 valence electrons. The van der Waals surface area contributed by atoms with Gasteiger partial charge in [0.05, 0.1) is 13.2 Å². The second kappa shape index (κ2) is 2.63. The van der Waals surface area contributed by atoms with Gasteiger partial charge in [-0.05, 0) is 12.2 Å². The van der Waals surface area contributed by atoms with Crippen molar-refractivity contribution in [1.29, 1.82) is 0 Å². The lowest BCUT2D eigenvalue weighted by molar-refractivity contribution is -0.113. The minimum atomic E-state index is -0.488. The summed E-state index contributed by atoms with van der Waals surface area (Å²) in [5.74, 6) is -0.488. The van der Waals surface area contributed by atoms with Crippen LogP contribution < -0.4 is 0 Å². The molecule has 0 amide bonds. The fraction of sp³-hybridized carbons (Fsp3) is 0.500. The first-order valence-electron chi connectivity index (χ1n) is 3.64. The van der Waals surface area contributed by atoms with Crippen molar-refractivity contribution >= 4 is 11.6 Å². The zero-order chi connectivity index (χ0) is 7.73. The molecule has 0 saturated carbocycles. The van der Waals surface area contributed by atoms with Crippen molar-refractivity contribution in [3.8, 4) is 0 Å². The number of hydrogen-bond donors (Lipinski definition) is 0. The van der Waals surface area contributed by atoms with Gasteiger partial charge in [-0.3, -0.25) is 0 Å². The third-order valence-electron chi connectivity index (χ3n) is 1.85. The number of rotatable bonds is 0. The van der Waals surface area contributed by atoms with Crippen LogP contribution in [0.2, 0.25) is 0 Å². The minimum absolute atomic E-state index is 0.488. The van der Waals surface area contributed by atoms with Crippen molar-refractivity contribution in [2.45, 2.75) is 12.2 Å². The maximum absolute atomic E-state index is 5.74. The second-order valence-electron chi connectivity index (χ2n) is 2.64. The molecule has 2 rings (SSSR count). The molecule has 0 unspecified atom stereocenters. The molecule has 0 aromatic rings. The van der Waals surface area contributed by atoms with Crippen molar-refractivity contribution in [3.63, 3.8) is 0 Å². The fourth-order valence-electron chi connectivity index (χ4n) is 1.27. The minimum Gasteiger partial charge on any atom is -0.344 e. The van der Waals surface area contributed by atoms with E-state index in [0.29, 0.717) is 13.2 Å². The van der Waals surface area contributed by atoms with Gasteiger partial charge >= 0.3 is 0 Å². The second-order valence-corrected chi connectivity index (χ2v) is 3.07. The molecule has 1 spiro atoms. The predicted octanol–water partition coefficient (Wildman–Crippen LogP) is 1.81. The van der Waals surface area contributed by atoms with Crippen LogP contribution in [0.3, 0.4) is 0 Å². The van der Waals surface area contributed by atoms with E-state index in [1.54, 1.807) is 0 Å². The number of hydrogen-bond acceptors (Lipinski definition) is 2. The highest BCUT2D eigenvalue weighted by Gasteiger charge is 2.34. The summed E-state index contributed by atoms with van der Waals surface area (Å²) in [6, 6.07) is 0. The van der Waals surface area contributed by atoms with E-state index in [1.165, 1.54) is 0 Å². The Labute approximate surface area is 70.4 Å². The zero-order valence-corrected chi connectivity index (χ0v) is 6.80. The third-order valence-corrected chi connectivity index (χ3v) is 2.13. The predicted molar refractivity (Wildman–Crippen MR) is 42.3 cm³/mol. The molecule has 1 saturated heterocycles. The first-order chi connectivity index (χ1) is 5.31. The average Bonchev–Trinajstić information content (AvgIpc) is 2.45. The first-order valence-corrected chi connectivity index (χ1v) is 4.01. The lowest BCUT2D eigenvalue weighted by Crippen LogP contribution is -2.27. The van der Waals surface area contributed by atoms with Crippen molar-refractivity contribution in [3.05, 3.63) is 23.3 Å². The van der Waals surface area contributed by atoms with Gasteiger partial charge in [0.25, 0.3) is 0 Å². The molecule has 0 aromatic carbocycles. The molecule has 1 aliphatic heterocycles. The Kier molecular flexibility index (Phi) is 1.75. The summed E-state index contributed by atoms with van der Waals surface area (Å²) in [5.41, 5.74) is 0. The Bertz CT molecular complexity index is 214. The van der Waals surface area contributed by atoms with Crippen LogP contribution in [0.25, 0.3) is 0 Å². The number of ether oxygens (including phenoxy) is 2. The van der Waals surface area contributed by atoms with E-state index >= 15 is 0 Å². The van der Waals surface area contributed by atoms with Gasteiger partial charge in [-0.2, -0.15) is 0 Å². The summed E-state index contributed by atoms with van der Waals surface area (Å²) in [6.45, 7) is 1.35. The highest BCUT2D eigenvalue weighted by molar-refractivity contribution is 6.31. The van der Waals surface area contributed by atoms with Gasteiger partial charge in [0.2, 0.25) is 0 Å². The molecule has 11 heavy (non-hydrogen) atoms. The zero-order valence-electron chi connectivity index (χ0n) is 6.05. The molecular weight excluding hydrogens is 164 g/mol. The summed E-state index contributed by atoms with van der Waals surface area (Å²) < 4.78 is 10.8. The van der Waals surface area contributed by atoms with E-state index in [1.807, 2.05) is 18.2 Å². The van der Waals surface area contributed by atoms with Crippen LogP contribution in [0.5, 0.6) is 0 Å².